The number of ether oxygens (including phenoxy) is 1. The molecule has 1 aliphatic heterocycles. The lowest BCUT2D eigenvalue weighted by Gasteiger charge is -2.21. The topological polar surface area (TPSA) is 66.0 Å². The van der Waals surface area contributed by atoms with Crippen molar-refractivity contribution in [2.24, 2.45) is 4.99 Å². The van der Waals surface area contributed by atoms with E-state index in [1.807, 2.05) is 11.8 Å². The first-order valence-electron chi connectivity index (χ1n) is 10.7. The third-order valence-electron chi connectivity index (χ3n) is 5.19. The lowest BCUT2D eigenvalue weighted by molar-refractivity contribution is -0.128. The average molecular weight is 367 g/mol. The molecule has 2 fully saturated rings. The van der Waals surface area contributed by atoms with Crippen molar-refractivity contribution >= 4 is 11.9 Å². The van der Waals surface area contributed by atoms with Crippen LogP contribution in [0.4, 0.5) is 0 Å². The molecular weight excluding hydrogens is 328 g/mol. The highest BCUT2D eigenvalue weighted by atomic mass is 16.5. The van der Waals surface area contributed by atoms with Crippen molar-refractivity contribution in [1.29, 1.82) is 0 Å². The second-order valence-corrected chi connectivity index (χ2v) is 7.40. The molecule has 0 aromatic carbocycles. The maximum Gasteiger partial charge on any atom is 0.244 e. The lowest BCUT2D eigenvalue weighted by Crippen LogP contribution is -2.39. The molecule has 1 saturated carbocycles. The van der Waals surface area contributed by atoms with Gasteiger partial charge in [-0.05, 0) is 51.9 Å². The van der Waals surface area contributed by atoms with Gasteiger partial charge in [0.15, 0.2) is 5.96 Å². The summed E-state index contributed by atoms with van der Waals surface area (Å²) in [5.74, 6) is 0.887. The van der Waals surface area contributed by atoms with Crippen LogP contribution >= 0.6 is 0 Å². The Labute approximate surface area is 159 Å². The van der Waals surface area contributed by atoms with Crippen LogP contribution in [0.25, 0.3) is 0 Å². The van der Waals surface area contributed by atoms with Crippen LogP contribution in [0, 0.1) is 0 Å². The van der Waals surface area contributed by atoms with E-state index in [2.05, 4.69) is 15.6 Å². The highest BCUT2D eigenvalue weighted by Gasteiger charge is 2.17. The zero-order chi connectivity index (χ0) is 18.5. The SMILES string of the molecule is CCNC(=NCC(=O)N1CCCC1)NCCCCCOC1CCCCC1. The fraction of sp³-hybridized carbons (Fsp3) is 0.900. The highest BCUT2D eigenvalue weighted by Crippen LogP contribution is 2.20. The molecular formula is C20H38N4O2. The Morgan fingerprint density at radius 3 is 2.54 bits per heavy atom. The molecule has 0 atom stereocenters. The second-order valence-electron chi connectivity index (χ2n) is 7.40. The number of carbonyl (C=O) groups is 1. The van der Waals surface area contributed by atoms with Crippen LogP contribution in [0.1, 0.15) is 71.1 Å². The van der Waals surface area contributed by atoms with Gasteiger partial charge in [0, 0.05) is 32.8 Å². The van der Waals surface area contributed by atoms with Crippen LogP contribution in [-0.4, -0.2) is 62.2 Å². The van der Waals surface area contributed by atoms with Crippen molar-refractivity contribution in [2.45, 2.75) is 77.2 Å². The van der Waals surface area contributed by atoms with Crippen molar-refractivity contribution in [1.82, 2.24) is 15.5 Å². The van der Waals surface area contributed by atoms with Gasteiger partial charge in [-0.25, -0.2) is 4.99 Å². The number of nitrogens with one attached hydrogen (secondary N) is 2. The van der Waals surface area contributed by atoms with Crippen LogP contribution in [0.3, 0.4) is 0 Å². The quantitative estimate of drug-likeness (QED) is 0.354. The summed E-state index contributed by atoms with van der Waals surface area (Å²) in [5.41, 5.74) is 0. The van der Waals surface area contributed by atoms with Crippen molar-refractivity contribution in [3.05, 3.63) is 0 Å². The molecule has 2 N–H and O–H groups in total. The first-order chi connectivity index (χ1) is 12.8. The minimum atomic E-state index is 0.138. The van der Waals surface area contributed by atoms with Gasteiger partial charge in [-0.3, -0.25) is 4.79 Å². The van der Waals surface area contributed by atoms with Gasteiger partial charge in [0.25, 0.3) is 0 Å². The van der Waals surface area contributed by atoms with Gasteiger partial charge in [-0.15, -0.1) is 0 Å². The molecule has 6 heteroatoms. The predicted molar refractivity (Wildman–Crippen MR) is 106 cm³/mol. The van der Waals surface area contributed by atoms with E-state index in [0.29, 0.717) is 6.10 Å². The number of hydrogen-bond acceptors (Lipinski definition) is 3. The molecule has 1 amide bonds. The fourth-order valence-corrected chi connectivity index (χ4v) is 3.65. The van der Waals surface area contributed by atoms with E-state index in [4.69, 9.17) is 4.74 Å². The molecule has 1 saturated heterocycles. The fourth-order valence-electron chi connectivity index (χ4n) is 3.65. The zero-order valence-electron chi connectivity index (χ0n) is 16.6. The van der Waals surface area contributed by atoms with Crippen molar-refractivity contribution in [2.75, 3.05) is 39.3 Å². The van der Waals surface area contributed by atoms with E-state index < -0.39 is 0 Å². The van der Waals surface area contributed by atoms with E-state index in [-0.39, 0.29) is 12.5 Å². The summed E-state index contributed by atoms with van der Waals surface area (Å²) in [6.07, 6.45) is 12.7. The number of guanidine groups is 1. The van der Waals surface area contributed by atoms with E-state index in [9.17, 15) is 4.79 Å². The largest absolute Gasteiger partial charge is 0.378 e. The number of amides is 1. The lowest BCUT2D eigenvalue weighted by atomic mass is 9.98. The van der Waals surface area contributed by atoms with Crippen molar-refractivity contribution < 1.29 is 9.53 Å². The molecule has 1 heterocycles. The Bertz CT molecular complexity index is 416. The van der Waals surface area contributed by atoms with Gasteiger partial charge >= 0.3 is 0 Å². The number of unbranched alkanes of at least 4 members (excludes halogenated alkanes) is 2. The molecule has 0 radical (unpaired) electrons. The summed E-state index contributed by atoms with van der Waals surface area (Å²) >= 11 is 0. The number of rotatable bonds is 10. The van der Waals surface area contributed by atoms with Gasteiger partial charge in [-0.1, -0.05) is 19.3 Å². The smallest absolute Gasteiger partial charge is 0.244 e. The second kappa shape index (κ2) is 13.0. The van der Waals surface area contributed by atoms with Crippen LogP contribution < -0.4 is 10.6 Å². The summed E-state index contributed by atoms with van der Waals surface area (Å²) in [4.78, 5) is 18.4. The van der Waals surface area contributed by atoms with Gasteiger partial charge in [-0.2, -0.15) is 0 Å². The zero-order valence-corrected chi connectivity index (χ0v) is 16.6. The number of likely N-dealkylation sites (tertiary alicyclic amines) is 1. The minimum absolute atomic E-state index is 0.138. The highest BCUT2D eigenvalue weighted by molar-refractivity contribution is 5.85. The maximum atomic E-state index is 12.1. The average Bonchev–Trinajstić information content (AvgIpc) is 3.20. The molecule has 0 bridgehead atoms. The Morgan fingerprint density at radius 1 is 1.04 bits per heavy atom. The monoisotopic (exact) mass is 366 g/mol. The summed E-state index contributed by atoms with van der Waals surface area (Å²) in [7, 11) is 0. The first kappa shape index (κ1) is 21.0. The third-order valence-corrected chi connectivity index (χ3v) is 5.19. The van der Waals surface area contributed by atoms with Gasteiger partial charge in [0.05, 0.1) is 6.10 Å². The molecule has 2 aliphatic rings. The maximum absolute atomic E-state index is 12.1. The van der Waals surface area contributed by atoms with Gasteiger partial charge in [0.1, 0.15) is 6.54 Å². The molecule has 0 aromatic rings. The molecule has 26 heavy (non-hydrogen) atoms. The van der Waals surface area contributed by atoms with Crippen LogP contribution in [0.15, 0.2) is 4.99 Å². The van der Waals surface area contributed by atoms with E-state index in [1.165, 1.54) is 32.1 Å². The summed E-state index contributed by atoms with van der Waals surface area (Å²) in [6.45, 7) is 6.64. The Hall–Kier alpha value is -1.30. The number of carbonyl (C=O) groups excluding carboxylic acids is 1. The summed E-state index contributed by atoms with van der Waals surface area (Å²) < 4.78 is 5.96. The van der Waals surface area contributed by atoms with E-state index in [0.717, 1.165) is 70.8 Å². The molecule has 1 aliphatic carbocycles. The van der Waals surface area contributed by atoms with Gasteiger partial charge < -0.3 is 20.3 Å². The number of nitrogens with zero attached hydrogens (tertiary/aromatic N) is 2. The number of hydrogen-bond donors (Lipinski definition) is 2. The summed E-state index contributed by atoms with van der Waals surface area (Å²) in [5, 5.41) is 6.55. The van der Waals surface area contributed by atoms with Crippen LogP contribution in [0.2, 0.25) is 0 Å². The minimum Gasteiger partial charge on any atom is -0.378 e. The predicted octanol–water partition coefficient (Wildman–Crippen LogP) is 2.68. The third kappa shape index (κ3) is 8.39. The molecule has 0 spiro atoms. The first-order valence-corrected chi connectivity index (χ1v) is 10.7. The molecule has 0 aromatic heterocycles. The molecule has 6 nitrogen and oxygen atoms in total. The summed E-state index contributed by atoms with van der Waals surface area (Å²) in [6, 6.07) is 0. The van der Waals surface area contributed by atoms with Crippen LogP contribution in [0.5, 0.6) is 0 Å². The molecule has 2 rings (SSSR count). The Balaban J connectivity index is 1.52. The Kier molecular flexibility index (Phi) is 10.5. The standard InChI is InChI=1S/C20H38N4O2/c1-2-21-20(23-17-19(25)24-14-8-9-15-24)22-13-7-4-10-16-26-18-11-5-3-6-12-18/h18H,2-17H2,1H3,(H2,21,22,23). The van der Waals surface area contributed by atoms with E-state index >= 15 is 0 Å². The van der Waals surface area contributed by atoms with E-state index in [1.54, 1.807) is 0 Å². The van der Waals surface area contributed by atoms with Crippen molar-refractivity contribution in [3.63, 3.8) is 0 Å². The normalized spacial score (nSPS) is 19.0. The Morgan fingerprint density at radius 2 is 1.81 bits per heavy atom. The molecule has 150 valence electrons. The van der Waals surface area contributed by atoms with Crippen LogP contribution in [-0.2, 0) is 9.53 Å². The van der Waals surface area contributed by atoms with Gasteiger partial charge in [0.2, 0.25) is 5.91 Å². The number of aliphatic imine (C=N–C) groups is 1. The molecule has 0 unspecified atom stereocenters. The van der Waals surface area contributed by atoms with Crippen molar-refractivity contribution in [3.8, 4) is 0 Å².